The minimum atomic E-state index is -4.77. The van der Waals surface area contributed by atoms with Gasteiger partial charge >= 0.3 is 12.1 Å². The molecule has 6 heteroatoms. The van der Waals surface area contributed by atoms with E-state index < -0.39 is 12.1 Å². The maximum absolute atomic E-state index is 12.2. The Kier molecular flexibility index (Phi) is 3.59. The van der Waals surface area contributed by atoms with Gasteiger partial charge in [-0.05, 0) is 32.2 Å². The zero-order chi connectivity index (χ0) is 11.6. The SMILES string of the molecule is CC1CCC(CN)CN1C(=O)C(F)(F)F. The molecule has 0 saturated carbocycles. The predicted molar refractivity (Wildman–Crippen MR) is 49.0 cm³/mol. The summed E-state index contributed by atoms with van der Waals surface area (Å²) in [5.74, 6) is -1.75. The minimum Gasteiger partial charge on any atom is -0.332 e. The van der Waals surface area contributed by atoms with Crippen molar-refractivity contribution in [1.82, 2.24) is 4.90 Å². The van der Waals surface area contributed by atoms with E-state index in [1.165, 1.54) is 0 Å². The highest BCUT2D eigenvalue weighted by molar-refractivity contribution is 5.82. The molecular formula is C9H15F3N2O. The van der Waals surface area contributed by atoms with Crippen LogP contribution in [-0.2, 0) is 4.79 Å². The molecule has 0 spiro atoms. The van der Waals surface area contributed by atoms with E-state index in [0.717, 1.165) is 11.3 Å². The first kappa shape index (κ1) is 12.3. The molecule has 0 aromatic rings. The standard InChI is InChI=1S/C9H15F3N2O/c1-6-2-3-7(4-13)5-14(6)8(15)9(10,11)12/h6-7H,2-5,13H2,1H3. The van der Waals surface area contributed by atoms with Crippen LogP contribution in [0.4, 0.5) is 13.2 Å². The molecule has 0 aromatic heterocycles. The molecule has 2 unspecified atom stereocenters. The third-order valence-corrected chi connectivity index (χ3v) is 2.82. The molecule has 2 N–H and O–H groups in total. The van der Waals surface area contributed by atoms with E-state index in [0.29, 0.717) is 13.0 Å². The van der Waals surface area contributed by atoms with Crippen molar-refractivity contribution in [3.63, 3.8) is 0 Å². The van der Waals surface area contributed by atoms with Crippen molar-refractivity contribution in [1.29, 1.82) is 0 Å². The van der Waals surface area contributed by atoms with Gasteiger partial charge in [-0.3, -0.25) is 4.79 Å². The molecule has 1 saturated heterocycles. The second kappa shape index (κ2) is 4.38. The van der Waals surface area contributed by atoms with Crippen LogP contribution in [0.1, 0.15) is 19.8 Å². The number of piperidine rings is 1. The Morgan fingerprint density at radius 3 is 2.53 bits per heavy atom. The fourth-order valence-electron chi connectivity index (χ4n) is 1.82. The van der Waals surface area contributed by atoms with Crippen molar-refractivity contribution < 1.29 is 18.0 Å². The predicted octanol–water partition coefficient (Wildman–Crippen LogP) is 1.13. The molecule has 1 aliphatic rings. The average molecular weight is 224 g/mol. The van der Waals surface area contributed by atoms with Crippen LogP contribution in [-0.4, -0.2) is 36.1 Å². The van der Waals surface area contributed by atoms with Crippen LogP contribution in [0, 0.1) is 5.92 Å². The highest BCUT2D eigenvalue weighted by atomic mass is 19.4. The number of nitrogens with two attached hydrogens (primary N) is 1. The van der Waals surface area contributed by atoms with Crippen LogP contribution in [0.3, 0.4) is 0 Å². The van der Waals surface area contributed by atoms with Crippen LogP contribution in [0.15, 0.2) is 0 Å². The number of rotatable bonds is 1. The summed E-state index contributed by atoms with van der Waals surface area (Å²) >= 11 is 0. The molecule has 1 rings (SSSR count). The van der Waals surface area contributed by atoms with Gasteiger partial charge in [-0.15, -0.1) is 0 Å². The largest absolute Gasteiger partial charge is 0.471 e. The van der Waals surface area contributed by atoms with Gasteiger partial charge < -0.3 is 10.6 Å². The van der Waals surface area contributed by atoms with Crippen molar-refractivity contribution in [2.45, 2.75) is 32.0 Å². The summed E-state index contributed by atoms with van der Waals surface area (Å²) in [6.07, 6.45) is -3.40. The molecule has 0 aliphatic carbocycles. The quantitative estimate of drug-likeness (QED) is 0.725. The molecule has 88 valence electrons. The number of nitrogens with zero attached hydrogens (tertiary/aromatic N) is 1. The number of hydrogen-bond donors (Lipinski definition) is 1. The van der Waals surface area contributed by atoms with Gasteiger partial charge in [0, 0.05) is 12.6 Å². The van der Waals surface area contributed by atoms with Gasteiger partial charge in [0.1, 0.15) is 0 Å². The monoisotopic (exact) mass is 224 g/mol. The van der Waals surface area contributed by atoms with Gasteiger partial charge in [-0.1, -0.05) is 0 Å². The van der Waals surface area contributed by atoms with Crippen molar-refractivity contribution in [2.75, 3.05) is 13.1 Å². The zero-order valence-electron chi connectivity index (χ0n) is 8.55. The second-order valence-electron chi connectivity index (χ2n) is 3.98. The lowest BCUT2D eigenvalue weighted by Gasteiger charge is -2.37. The summed E-state index contributed by atoms with van der Waals surface area (Å²) in [5.41, 5.74) is 5.40. The molecule has 1 aliphatic heterocycles. The van der Waals surface area contributed by atoms with Crippen LogP contribution < -0.4 is 5.73 Å². The molecule has 1 heterocycles. The fourth-order valence-corrected chi connectivity index (χ4v) is 1.82. The molecule has 0 aromatic carbocycles. The summed E-state index contributed by atoms with van der Waals surface area (Å²) in [6.45, 7) is 2.08. The van der Waals surface area contributed by atoms with E-state index in [-0.39, 0.29) is 18.5 Å². The van der Waals surface area contributed by atoms with E-state index in [1.807, 2.05) is 0 Å². The smallest absolute Gasteiger partial charge is 0.332 e. The van der Waals surface area contributed by atoms with Gasteiger partial charge in [0.25, 0.3) is 0 Å². The van der Waals surface area contributed by atoms with Gasteiger partial charge in [0.15, 0.2) is 0 Å². The highest BCUT2D eigenvalue weighted by Gasteiger charge is 2.45. The molecule has 1 fully saturated rings. The number of halogens is 3. The molecule has 1 amide bonds. The van der Waals surface area contributed by atoms with E-state index in [4.69, 9.17) is 5.73 Å². The maximum atomic E-state index is 12.2. The molecule has 2 atom stereocenters. The van der Waals surface area contributed by atoms with Crippen LogP contribution in [0.25, 0.3) is 0 Å². The number of amides is 1. The molecule has 0 bridgehead atoms. The van der Waals surface area contributed by atoms with E-state index in [1.54, 1.807) is 6.92 Å². The first-order valence-electron chi connectivity index (χ1n) is 4.94. The van der Waals surface area contributed by atoms with Crippen LogP contribution in [0.2, 0.25) is 0 Å². The Morgan fingerprint density at radius 2 is 2.07 bits per heavy atom. The Balaban J connectivity index is 2.70. The van der Waals surface area contributed by atoms with Crippen LogP contribution in [0.5, 0.6) is 0 Å². The third-order valence-electron chi connectivity index (χ3n) is 2.82. The molecular weight excluding hydrogens is 209 g/mol. The summed E-state index contributed by atoms with van der Waals surface area (Å²) in [4.78, 5) is 11.9. The van der Waals surface area contributed by atoms with E-state index >= 15 is 0 Å². The highest BCUT2D eigenvalue weighted by Crippen LogP contribution is 2.26. The number of carbonyl (C=O) groups excluding carboxylic acids is 1. The van der Waals surface area contributed by atoms with E-state index in [9.17, 15) is 18.0 Å². The van der Waals surface area contributed by atoms with Gasteiger partial charge in [-0.25, -0.2) is 0 Å². The Labute approximate surface area is 86.4 Å². The normalized spacial score (nSPS) is 27.9. The average Bonchev–Trinajstić information content (AvgIpc) is 2.16. The Hall–Kier alpha value is -0.780. The molecule has 0 radical (unpaired) electrons. The number of carbonyl (C=O) groups is 1. The summed E-state index contributed by atoms with van der Waals surface area (Å²) in [6, 6.07) is -0.345. The summed E-state index contributed by atoms with van der Waals surface area (Å²) in [5, 5.41) is 0. The topological polar surface area (TPSA) is 46.3 Å². The second-order valence-corrected chi connectivity index (χ2v) is 3.98. The lowest BCUT2D eigenvalue weighted by atomic mass is 9.93. The summed E-state index contributed by atoms with van der Waals surface area (Å²) in [7, 11) is 0. The number of likely N-dealkylation sites (tertiary alicyclic amines) is 1. The first-order chi connectivity index (χ1) is 6.86. The van der Waals surface area contributed by atoms with Crippen molar-refractivity contribution >= 4 is 5.91 Å². The minimum absolute atomic E-state index is 0.00694. The number of hydrogen-bond acceptors (Lipinski definition) is 2. The zero-order valence-corrected chi connectivity index (χ0v) is 8.55. The summed E-state index contributed by atoms with van der Waals surface area (Å²) < 4.78 is 36.6. The number of alkyl halides is 3. The lowest BCUT2D eigenvalue weighted by molar-refractivity contribution is -0.189. The Morgan fingerprint density at radius 1 is 1.47 bits per heavy atom. The van der Waals surface area contributed by atoms with Crippen molar-refractivity contribution in [3.05, 3.63) is 0 Å². The Bertz CT molecular complexity index is 242. The molecule has 3 nitrogen and oxygen atoms in total. The maximum Gasteiger partial charge on any atom is 0.471 e. The third kappa shape index (κ3) is 2.84. The lowest BCUT2D eigenvalue weighted by Crippen LogP contribution is -2.51. The van der Waals surface area contributed by atoms with Gasteiger partial charge in [0.2, 0.25) is 0 Å². The van der Waals surface area contributed by atoms with Crippen LogP contribution >= 0.6 is 0 Å². The first-order valence-corrected chi connectivity index (χ1v) is 4.94. The van der Waals surface area contributed by atoms with E-state index in [2.05, 4.69) is 0 Å². The van der Waals surface area contributed by atoms with Gasteiger partial charge in [0.05, 0.1) is 0 Å². The fraction of sp³-hybridized carbons (Fsp3) is 0.889. The molecule has 15 heavy (non-hydrogen) atoms. The van der Waals surface area contributed by atoms with Crippen molar-refractivity contribution in [2.24, 2.45) is 11.7 Å². The van der Waals surface area contributed by atoms with Crippen molar-refractivity contribution in [3.8, 4) is 0 Å². The van der Waals surface area contributed by atoms with Gasteiger partial charge in [-0.2, -0.15) is 13.2 Å².